The molecule has 158 valence electrons. The van der Waals surface area contributed by atoms with Crippen molar-refractivity contribution in [2.24, 2.45) is 0 Å². The SMILES string of the molecule is CCCCCCCCCCCCCCCCCCCc1c[nH]c2ccccc12. The van der Waals surface area contributed by atoms with Crippen molar-refractivity contribution in [3.8, 4) is 0 Å². The highest BCUT2D eigenvalue weighted by Gasteiger charge is 2.02. The molecule has 0 bridgehead atoms. The monoisotopic (exact) mass is 383 g/mol. The smallest absolute Gasteiger partial charge is 0.0456 e. The van der Waals surface area contributed by atoms with Crippen LogP contribution in [-0.4, -0.2) is 4.98 Å². The highest BCUT2D eigenvalue weighted by Crippen LogP contribution is 2.20. The van der Waals surface area contributed by atoms with Crippen LogP contribution in [0.4, 0.5) is 0 Å². The number of hydrogen-bond acceptors (Lipinski definition) is 0. The van der Waals surface area contributed by atoms with Gasteiger partial charge in [0.1, 0.15) is 0 Å². The summed E-state index contributed by atoms with van der Waals surface area (Å²) in [5, 5.41) is 1.42. The standard InChI is InChI=1S/C27H45N/c1-2-3-4-5-6-7-8-9-10-11-12-13-14-15-16-17-18-21-25-24-28-27-23-20-19-22-26(25)27/h19-20,22-24,28H,2-18,21H2,1H3. The van der Waals surface area contributed by atoms with Crippen LogP contribution in [0.2, 0.25) is 0 Å². The minimum atomic E-state index is 1.22. The molecule has 2 aromatic rings. The van der Waals surface area contributed by atoms with E-state index in [4.69, 9.17) is 0 Å². The zero-order valence-corrected chi connectivity index (χ0v) is 18.6. The fourth-order valence-corrected chi connectivity index (χ4v) is 4.38. The van der Waals surface area contributed by atoms with E-state index in [0.717, 1.165) is 0 Å². The molecule has 1 N–H and O–H groups in total. The van der Waals surface area contributed by atoms with Crippen LogP contribution in [-0.2, 0) is 6.42 Å². The molecule has 0 aliphatic carbocycles. The molecule has 0 saturated carbocycles. The fraction of sp³-hybridized carbons (Fsp3) is 0.704. The van der Waals surface area contributed by atoms with Crippen LogP contribution in [0.5, 0.6) is 0 Å². The van der Waals surface area contributed by atoms with Gasteiger partial charge >= 0.3 is 0 Å². The number of unbranched alkanes of at least 4 members (excludes halogenated alkanes) is 16. The summed E-state index contributed by atoms with van der Waals surface area (Å²) in [7, 11) is 0. The Morgan fingerprint density at radius 2 is 1.04 bits per heavy atom. The van der Waals surface area contributed by atoms with Gasteiger partial charge in [0.05, 0.1) is 0 Å². The van der Waals surface area contributed by atoms with Crippen molar-refractivity contribution in [3.63, 3.8) is 0 Å². The third-order valence-electron chi connectivity index (χ3n) is 6.22. The molecule has 1 aromatic heterocycles. The van der Waals surface area contributed by atoms with Crippen molar-refractivity contribution in [2.75, 3.05) is 0 Å². The molecule has 0 saturated heterocycles. The van der Waals surface area contributed by atoms with E-state index in [-0.39, 0.29) is 0 Å². The Labute approximate surface area is 174 Å². The van der Waals surface area contributed by atoms with Crippen LogP contribution in [0, 0.1) is 0 Å². The van der Waals surface area contributed by atoms with Gasteiger partial charge < -0.3 is 4.98 Å². The van der Waals surface area contributed by atoms with Crippen LogP contribution >= 0.6 is 0 Å². The summed E-state index contributed by atoms with van der Waals surface area (Å²) in [6, 6.07) is 8.68. The molecular formula is C27H45N. The molecule has 28 heavy (non-hydrogen) atoms. The van der Waals surface area contributed by atoms with Gasteiger partial charge in [0, 0.05) is 17.1 Å². The second kappa shape index (κ2) is 15.7. The number of aromatic amines is 1. The largest absolute Gasteiger partial charge is 0.361 e. The maximum atomic E-state index is 3.39. The number of fused-ring (bicyclic) bond motifs is 1. The molecular weight excluding hydrogens is 338 g/mol. The first-order valence-electron chi connectivity index (χ1n) is 12.5. The molecule has 0 spiro atoms. The highest BCUT2D eigenvalue weighted by molar-refractivity contribution is 5.82. The quantitative estimate of drug-likeness (QED) is 0.247. The van der Waals surface area contributed by atoms with Gasteiger partial charge in [0.25, 0.3) is 0 Å². The van der Waals surface area contributed by atoms with Crippen molar-refractivity contribution < 1.29 is 0 Å². The van der Waals surface area contributed by atoms with Gasteiger partial charge in [-0.25, -0.2) is 0 Å². The first-order valence-corrected chi connectivity index (χ1v) is 12.5. The predicted molar refractivity (Wildman–Crippen MR) is 126 cm³/mol. The summed E-state index contributed by atoms with van der Waals surface area (Å²) in [5.74, 6) is 0. The van der Waals surface area contributed by atoms with Gasteiger partial charge in [0.15, 0.2) is 0 Å². The van der Waals surface area contributed by atoms with Gasteiger partial charge in [-0.15, -0.1) is 0 Å². The molecule has 1 heterocycles. The number of H-pyrrole nitrogens is 1. The van der Waals surface area contributed by atoms with Crippen molar-refractivity contribution in [2.45, 2.75) is 122 Å². The molecule has 1 heteroatoms. The lowest BCUT2D eigenvalue weighted by molar-refractivity contribution is 0.527. The first kappa shape index (κ1) is 23.0. The second-order valence-electron chi connectivity index (χ2n) is 8.77. The van der Waals surface area contributed by atoms with E-state index < -0.39 is 0 Å². The average Bonchev–Trinajstić information content (AvgIpc) is 3.13. The molecule has 1 aromatic carbocycles. The van der Waals surface area contributed by atoms with Crippen molar-refractivity contribution in [1.82, 2.24) is 4.98 Å². The number of aromatic nitrogens is 1. The van der Waals surface area contributed by atoms with Crippen LogP contribution in [0.25, 0.3) is 10.9 Å². The second-order valence-corrected chi connectivity index (χ2v) is 8.77. The molecule has 0 aliphatic heterocycles. The Morgan fingerprint density at radius 3 is 1.57 bits per heavy atom. The molecule has 0 atom stereocenters. The summed E-state index contributed by atoms with van der Waals surface area (Å²) in [4.78, 5) is 3.39. The summed E-state index contributed by atoms with van der Waals surface area (Å²) >= 11 is 0. The third-order valence-corrected chi connectivity index (χ3v) is 6.22. The van der Waals surface area contributed by atoms with E-state index in [1.165, 1.54) is 132 Å². The first-order chi connectivity index (χ1) is 13.9. The zero-order valence-electron chi connectivity index (χ0n) is 18.6. The Hall–Kier alpha value is -1.24. The van der Waals surface area contributed by atoms with Gasteiger partial charge in [0.2, 0.25) is 0 Å². The predicted octanol–water partition coefficient (Wildman–Crippen LogP) is 9.36. The van der Waals surface area contributed by atoms with Crippen molar-refractivity contribution >= 4 is 10.9 Å². The maximum absolute atomic E-state index is 3.39. The summed E-state index contributed by atoms with van der Waals surface area (Å²) < 4.78 is 0. The molecule has 0 aliphatic rings. The molecule has 0 amide bonds. The van der Waals surface area contributed by atoms with E-state index in [1.54, 1.807) is 0 Å². The van der Waals surface area contributed by atoms with Crippen molar-refractivity contribution in [1.29, 1.82) is 0 Å². The topological polar surface area (TPSA) is 15.8 Å². The fourth-order valence-electron chi connectivity index (χ4n) is 4.38. The Morgan fingerprint density at radius 1 is 0.571 bits per heavy atom. The normalized spacial score (nSPS) is 11.5. The van der Waals surface area contributed by atoms with Crippen LogP contribution in [0.15, 0.2) is 30.5 Å². The van der Waals surface area contributed by atoms with E-state index in [9.17, 15) is 0 Å². The van der Waals surface area contributed by atoms with Gasteiger partial charge in [-0.05, 0) is 24.5 Å². The minimum absolute atomic E-state index is 1.22. The third kappa shape index (κ3) is 9.80. The number of aryl methyl sites for hydroxylation is 1. The average molecular weight is 384 g/mol. The number of benzene rings is 1. The molecule has 2 rings (SSSR count). The lowest BCUT2D eigenvalue weighted by Crippen LogP contribution is -1.86. The van der Waals surface area contributed by atoms with Gasteiger partial charge in [-0.1, -0.05) is 128 Å². The number of rotatable bonds is 18. The van der Waals surface area contributed by atoms with Crippen LogP contribution in [0.1, 0.15) is 122 Å². The number of hydrogen-bond donors (Lipinski definition) is 1. The van der Waals surface area contributed by atoms with Gasteiger partial charge in [-0.2, -0.15) is 0 Å². The Bertz CT molecular complexity index is 597. The highest BCUT2D eigenvalue weighted by atomic mass is 14.7. The number of para-hydroxylation sites is 1. The molecule has 0 radical (unpaired) electrons. The lowest BCUT2D eigenvalue weighted by atomic mass is 10.0. The molecule has 0 unspecified atom stereocenters. The van der Waals surface area contributed by atoms with Crippen LogP contribution < -0.4 is 0 Å². The van der Waals surface area contributed by atoms with E-state index in [2.05, 4.69) is 42.4 Å². The summed E-state index contributed by atoms with van der Waals surface area (Å²) in [5.41, 5.74) is 2.78. The minimum Gasteiger partial charge on any atom is -0.361 e. The summed E-state index contributed by atoms with van der Waals surface area (Å²) in [6.45, 7) is 2.30. The lowest BCUT2D eigenvalue weighted by Gasteiger charge is -2.04. The Balaban J connectivity index is 1.31. The molecule has 0 fully saturated rings. The number of nitrogens with one attached hydrogen (secondary N) is 1. The van der Waals surface area contributed by atoms with Crippen LogP contribution in [0.3, 0.4) is 0 Å². The van der Waals surface area contributed by atoms with E-state index in [0.29, 0.717) is 0 Å². The molecule has 1 nitrogen and oxygen atoms in total. The van der Waals surface area contributed by atoms with E-state index >= 15 is 0 Å². The zero-order chi connectivity index (χ0) is 19.7. The Kier molecular flexibility index (Phi) is 12.9. The van der Waals surface area contributed by atoms with E-state index in [1.807, 2.05) is 0 Å². The summed E-state index contributed by atoms with van der Waals surface area (Å²) in [6.07, 6.45) is 27.9. The van der Waals surface area contributed by atoms with Gasteiger partial charge in [-0.3, -0.25) is 0 Å². The van der Waals surface area contributed by atoms with Crippen molar-refractivity contribution in [3.05, 3.63) is 36.0 Å². The maximum Gasteiger partial charge on any atom is 0.0456 e.